The lowest BCUT2D eigenvalue weighted by atomic mass is 9.94. The minimum Gasteiger partial charge on any atom is -0.497 e. The van der Waals surface area contributed by atoms with Crippen LogP contribution in [0.25, 0.3) is 32.7 Å². The van der Waals surface area contributed by atoms with E-state index in [1.165, 1.54) is 38.0 Å². The van der Waals surface area contributed by atoms with Crippen molar-refractivity contribution in [3.8, 4) is 34.1 Å². The normalized spacial score (nSPS) is 11.1. The Balaban J connectivity index is 1.74. The van der Waals surface area contributed by atoms with Crippen LogP contribution in [0.2, 0.25) is 0 Å². The average molecular weight is 559 g/mol. The van der Waals surface area contributed by atoms with Crippen molar-refractivity contribution >= 4 is 45.4 Å². The van der Waals surface area contributed by atoms with E-state index in [0.29, 0.717) is 0 Å². The van der Waals surface area contributed by atoms with Crippen LogP contribution in [0, 0.1) is 0 Å². The Bertz CT molecular complexity index is 1760. The summed E-state index contributed by atoms with van der Waals surface area (Å²) in [6.45, 7) is 0. The molecular weight excluding hydrogens is 527 g/mol. The van der Waals surface area contributed by atoms with Crippen LogP contribution in [0.15, 0.2) is 115 Å². The van der Waals surface area contributed by atoms with E-state index in [1.807, 2.05) is 12.1 Å². The van der Waals surface area contributed by atoms with Gasteiger partial charge in [0, 0.05) is 12.1 Å². The largest absolute Gasteiger partial charge is 0.497 e. The molecule has 6 aromatic rings. The van der Waals surface area contributed by atoms with Crippen LogP contribution in [-0.2, 0) is 0 Å². The highest BCUT2D eigenvalue weighted by molar-refractivity contribution is 7.80. The second-order valence-electron chi connectivity index (χ2n) is 9.68. The van der Waals surface area contributed by atoms with Crippen molar-refractivity contribution in [2.45, 2.75) is 0 Å². The highest BCUT2D eigenvalue weighted by atomic mass is 31.1. The van der Waals surface area contributed by atoms with Crippen molar-refractivity contribution in [3.05, 3.63) is 115 Å². The van der Waals surface area contributed by atoms with E-state index in [9.17, 15) is 0 Å². The molecule has 0 N–H and O–H groups in total. The van der Waals surface area contributed by atoms with Gasteiger partial charge in [0.05, 0.1) is 28.4 Å². The van der Waals surface area contributed by atoms with Gasteiger partial charge in [-0.1, -0.05) is 78.9 Å². The molecule has 0 fully saturated rings. The van der Waals surface area contributed by atoms with E-state index in [4.69, 9.17) is 18.9 Å². The number of methoxy groups -OCH3 is 4. The Labute approximate surface area is 241 Å². The van der Waals surface area contributed by atoms with Crippen LogP contribution in [0.1, 0.15) is 0 Å². The molecule has 0 aliphatic heterocycles. The van der Waals surface area contributed by atoms with Gasteiger partial charge in [-0.25, -0.2) is 0 Å². The Morgan fingerprint density at radius 2 is 0.902 bits per heavy atom. The molecule has 41 heavy (non-hydrogen) atoms. The first-order chi connectivity index (χ1) is 20.1. The molecule has 204 valence electrons. The first kappa shape index (κ1) is 26.7. The first-order valence-electron chi connectivity index (χ1n) is 13.4. The molecule has 0 amide bonds. The maximum atomic E-state index is 5.73. The van der Waals surface area contributed by atoms with Crippen LogP contribution >= 0.6 is 7.92 Å². The molecule has 0 aliphatic carbocycles. The summed E-state index contributed by atoms with van der Waals surface area (Å²) in [6.07, 6.45) is 0. The van der Waals surface area contributed by atoms with Crippen molar-refractivity contribution in [3.63, 3.8) is 0 Å². The highest BCUT2D eigenvalue weighted by Gasteiger charge is 2.25. The van der Waals surface area contributed by atoms with Gasteiger partial charge in [-0.05, 0) is 80.8 Å². The quantitative estimate of drug-likeness (QED) is 0.182. The Morgan fingerprint density at radius 1 is 0.439 bits per heavy atom. The summed E-state index contributed by atoms with van der Waals surface area (Å²) >= 11 is 0. The zero-order valence-electron chi connectivity index (χ0n) is 23.5. The number of fused-ring (bicyclic) bond motifs is 2. The molecule has 0 aromatic heterocycles. The van der Waals surface area contributed by atoms with Crippen molar-refractivity contribution in [2.24, 2.45) is 0 Å². The molecule has 4 nitrogen and oxygen atoms in total. The van der Waals surface area contributed by atoms with Gasteiger partial charge in [-0.3, -0.25) is 0 Å². The molecule has 0 saturated carbocycles. The fourth-order valence-electron chi connectivity index (χ4n) is 5.44. The summed E-state index contributed by atoms with van der Waals surface area (Å²) in [6, 6.07) is 40.5. The molecule has 0 saturated heterocycles. The third kappa shape index (κ3) is 5.08. The summed E-state index contributed by atoms with van der Waals surface area (Å²) in [4.78, 5) is 0. The highest BCUT2D eigenvalue weighted by Crippen LogP contribution is 2.44. The molecule has 0 bridgehead atoms. The van der Waals surface area contributed by atoms with Crippen molar-refractivity contribution in [1.82, 2.24) is 0 Å². The second-order valence-corrected chi connectivity index (χ2v) is 11.9. The molecule has 0 aliphatic rings. The van der Waals surface area contributed by atoms with Crippen molar-refractivity contribution in [2.75, 3.05) is 28.4 Å². The van der Waals surface area contributed by atoms with Crippen molar-refractivity contribution < 1.29 is 18.9 Å². The van der Waals surface area contributed by atoms with E-state index < -0.39 is 7.92 Å². The van der Waals surface area contributed by atoms with Crippen LogP contribution in [-0.4, -0.2) is 28.4 Å². The second kappa shape index (κ2) is 11.5. The number of hydrogen-bond acceptors (Lipinski definition) is 4. The lowest BCUT2D eigenvalue weighted by molar-refractivity contribution is 0.395. The van der Waals surface area contributed by atoms with Gasteiger partial charge < -0.3 is 18.9 Å². The van der Waals surface area contributed by atoms with E-state index >= 15 is 0 Å². The summed E-state index contributed by atoms with van der Waals surface area (Å²) in [5, 5.41) is 8.25. The zero-order chi connectivity index (χ0) is 28.3. The first-order valence-corrected chi connectivity index (χ1v) is 14.7. The maximum absolute atomic E-state index is 5.73. The Hall–Kier alpha value is -4.53. The van der Waals surface area contributed by atoms with Gasteiger partial charge in [-0.15, -0.1) is 0 Å². The van der Waals surface area contributed by atoms with Gasteiger partial charge in [-0.2, -0.15) is 0 Å². The summed E-state index contributed by atoms with van der Waals surface area (Å²) in [5.41, 5.74) is 2.42. The molecule has 0 spiro atoms. The summed E-state index contributed by atoms with van der Waals surface area (Å²) < 4.78 is 22.9. The van der Waals surface area contributed by atoms with Crippen LogP contribution < -0.4 is 34.9 Å². The van der Waals surface area contributed by atoms with E-state index in [0.717, 1.165) is 33.6 Å². The predicted octanol–water partition coefficient (Wildman–Crippen LogP) is 7.45. The molecule has 5 heteroatoms. The molecule has 0 unspecified atom stereocenters. The van der Waals surface area contributed by atoms with Gasteiger partial charge in [0.1, 0.15) is 23.0 Å². The lowest BCUT2D eigenvalue weighted by Crippen LogP contribution is -2.23. The minimum atomic E-state index is -1.13. The zero-order valence-corrected chi connectivity index (χ0v) is 24.4. The number of rotatable bonds is 8. The van der Waals surface area contributed by atoms with Crippen LogP contribution in [0.3, 0.4) is 0 Å². The molecule has 0 atom stereocenters. The van der Waals surface area contributed by atoms with Crippen LogP contribution in [0.5, 0.6) is 23.0 Å². The van der Waals surface area contributed by atoms with Gasteiger partial charge in [0.2, 0.25) is 0 Å². The predicted molar refractivity (Wildman–Crippen MR) is 172 cm³/mol. The number of benzene rings is 6. The standard InChI is InChI=1S/C36H31O4P/c1-37-26-18-27(38-2)21-30(20-26)41(31-22-28(39-3)19-29(23-31)40-4)35-17-16-25-11-6-8-14-33(25)36(35)34-15-9-12-24-10-5-7-13-32(24)34/h5-23H,1-4H3. The molecular formula is C36H31O4P. The maximum Gasteiger partial charge on any atom is 0.123 e. The van der Waals surface area contributed by atoms with Gasteiger partial charge in [0.15, 0.2) is 0 Å². The van der Waals surface area contributed by atoms with Gasteiger partial charge >= 0.3 is 0 Å². The SMILES string of the molecule is COc1cc(OC)cc(P(c2cc(OC)cc(OC)c2)c2ccc3ccccc3c2-c2cccc3ccccc23)c1. The molecule has 6 aromatic carbocycles. The fraction of sp³-hybridized carbons (Fsp3) is 0.111. The monoisotopic (exact) mass is 558 g/mol. The van der Waals surface area contributed by atoms with Gasteiger partial charge in [0.25, 0.3) is 0 Å². The topological polar surface area (TPSA) is 36.9 Å². The smallest absolute Gasteiger partial charge is 0.123 e. The summed E-state index contributed by atoms with van der Waals surface area (Å²) in [5.74, 6) is 2.98. The van der Waals surface area contributed by atoms with Crippen molar-refractivity contribution in [1.29, 1.82) is 0 Å². The minimum absolute atomic E-state index is 0.745. The van der Waals surface area contributed by atoms with E-state index in [2.05, 4.69) is 103 Å². The Kier molecular flexibility index (Phi) is 7.50. The third-order valence-electron chi connectivity index (χ3n) is 7.40. The molecule has 0 radical (unpaired) electrons. The number of hydrogen-bond donors (Lipinski definition) is 0. The molecule has 0 heterocycles. The Morgan fingerprint density at radius 3 is 1.44 bits per heavy atom. The fourth-order valence-corrected chi connectivity index (χ4v) is 8.01. The summed E-state index contributed by atoms with van der Waals surface area (Å²) in [7, 11) is 5.62. The third-order valence-corrected chi connectivity index (χ3v) is 9.80. The lowest BCUT2D eigenvalue weighted by Gasteiger charge is -2.26. The average Bonchev–Trinajstić information content (AvgIpc) is 3.04. The molecule has 6 rings (SSSR count). The number of ether oxygens (including phenoxy) is 4. The van der Waals surface area contributed by atoms with E-state index in [-0.39, 0.29) is 0 Å². The van der Waals surface area contributed by atoms with E-state index in [1.54, 1.807) is 28.4 Å². The van der Waals surface area contributed by atoms with Crippen LogP contribution in [0.4, 0.5) is 0 Å².